The van der Waals surface area contributed by atoms with Crippen molar-refractivity contribution < 1.29 is 9.90 Å². The Labute approximate surface area is 102 Å². The Hall–Kier alpha value is 0.430. The van der Waals surface area contributed by atoms with Crippen LogP contribution in [0.5, 0.6) is 0 Å². The minimum absolute atomic E-state index is 0. The fourth-order valence-electron chi connectivity index (χ4n) is 1.74. The molecule has 3 nitrogen and oxygen atoms in total. The Morgan fingerprint density at radius 3 is 2.46 bits per heavy atom. The van der Waals surface area contributed by atoms with Crippen LogP contribution in [0.25, 0.3) is 0 Å². The van der Waals surface area contributed by atoms with E-state index in [-0.39, 0.29) is 35.6 Å². The van der Waals surface area contributed by atoms with Crippen molar-refractivity contribution in [1.29, 1.82) is 0 Å². The zero-order valence-corrected chi connectivity index (χ0v) is 7.55. The van der Waals surface area contributed by atoms with Gasteiger partial charge in [-0.15, -0.1) is 0 Å². The third kappa shape index (κ3) is 4.45. The van der Waals surface area contributed by atoms with E-state index in [4.69, 9.17) is 5.11 Å². The molecule has 0 heterocycles. The predicted molar refractivity (Wildman–Crippen MR) is 54.3 cm³/mol. The fraction of sp³-hybridized carbons (Fsp3) is 0.889. The molecule has 1 fully saturated rings. The van der Waals surface area contributed by atoms with Crippen molar-refractivity contribution in [2.75, 3.05) is 0 Å². The average Bonchev–Trinajstić information content (AvgIpc) is 2.51. The van der Waals surface area contributed by atoms with Crippen molar-refractivity contribution in [2.24, 2.45) is 0 Å². The van der Waals surface area contributed by atoms with Gasteiger partial charge >= 0.3 is 35.5 Å². The van der Waals surface area contributed by atoms with Crippen LogP contribution >= 0.6 is 0 Å². The van der Waals surface area contributed by atoms with E-state index in [1.807, 2.05) is 6.92 Å². The molecule has 1 atom stereocenters. The van der Waals surface area contributed by atoms with Gasteiger partial charge in [-0.1, -0.05) is 19.8 Å². The molecule has 0 aromatic rings. The van der Waals surface area contributed by atoms with Gasteiger partial charge in [-0.2, -0.15) is 0 Å². The van der Waals surface area contributed by atoms with E-state index in [9.17, 15) is 4.79 Å². The van der Waals surface area contributed by atoms with Gasteiger partial charge in [0.15, 0.2) is 0 Å². The van der Waals surface area contributed by atoms with Crippen LogP contribution in [0.15, 0.2) is 0 Å². The SMILES string of the molecule is CCC(NC1CCCC1)C(=O)O.[NaH]. The number of rotatable bonds is 4. The van der Waals surface area contributed by atoms with Crippen LogP contribution in [-0.2, 0) is 4.79 Å². The number of hydrogen-bond acceptors (Lipinski definition) is 2. The number of carboxylic acids is 1. The van der Waals surface area contributed by atoms with E-state index in [1.54, 1.807) is 0 Å². The molecular formula is C9H18NNaO2. The standard InChI is InChI=1S/C9H17NO2.Na.H/c1-2-8(9(11)12)10-7-5-3-4-6-7;;/h7-8,10H,2-6H2,1H3,(H,11,12);;. The molecule has 1 unspecified atom stereocenters. The van der Waals surface area contributed by atoms with Crippen LogP contribution in [0.2, 0.25) is 0 Å². The van der Waals surface area contributed by atoms with Gasteiger partial charge in [0.2, 0.25) is 0 Å². The molecule has 1 aliphatic carbocycles. The van der Waals surface area contributed by atoms with Gasteiger partial charge in [0.25, 0.3) is 0 Å². The third-order valence-corrected chi connectivity index (χ3v) is 2.50. The van der Waals surface area contributed by atoms with Crippen LogP contribution in [0.4, 0.5) is 0 Å². The molecule has 2 N–H and O–H groups in total. The third-order valence-electron chi connectivity index (χ3n) is 2.50. The summed E-state index contributed by atoms with van der Waals surface area (Å²) in [6, 6.07) is 0.110. The van der Waals surface area contributed by atoms with E-state index in [2.05, 4.69) is 5.32 Å². The first-order valence-electron chi connectivity index (χ1n) is 4.73. The van der Waals surface area contributed by atoms with Crippen LogP contribution in [-0.4, -0.2) is 52.7 Å². The second-order valence-corrected chi connectivity index (χ2v) is 3.45. The number of aliphatic carboxylic acids is 1. The molecule has 13 heavy (non-hydrogen) atoms. The van der Waals surface area contributed by atoms with Crippen molar-refractivity contribution in [2.45, 2.75) is 51.1 Å². The normalized spacial score (nSPS) is 19.5. The quantitative estimate of drug-likeness (QED) is 0.650. The molecule has 1 rings (SSSR count). The molecule has 0 aliphatic heterocycles. The molecule has 0 amide bonds. The molecule has 72 valence electrons. The summed E-state index contributed by atoms with van der Waals surface area (Å²) < 4.78 is 0. The summed E-state index contributed by atoms with van der Waals surface area (Å²) in [7, 11) is 0. The summed E-state index contributed by atoms with van der Waals surface area (Å²) >= 11 is 0. The molecule has 0 radical (unpaired) electrons. The van der Waals surface area contributed by atoms with Crippen molar-refractivity contribution in [3.63, 3.8) is 0 Å². The Kier molecular flexibility index (Phi) is 7.05. The summed E-state index contributed by atoms with van der Waals surface area (Å²) in [5.74, 6) is -0.718. The molecule has 0 spiro atoms. The molecule has 0 saturated heterocycles. The molecule has 0 aromatic heterocycles. The molecule has 0 aromatic carbocycles. The summed E-state index contributed by atoms with van der Waals surface area (Å²) in [6.07, 6.45) is 5.45. The fourth-order valence-corrected chi connectivity index (χ4v) is 1.74. The zero-order valence-electron chi connectivity index (χ0n) is 7.55. The second-order valence-electron chi connectivity index (χ2n) is 3.45. The van der Waals surface area contributed by atoms with Crippen molar-refractivity contribution in [1.82, 2.24) is 5.32 Å². The Morgan fingerprint density at radius 2 is 2.08 bits per heavy atom. The molecule has 0 bridgehead atoms. The van der Waals surface area contributed by atoms with E-state index >= 15 is 0 Å². The van der Waals surface area contributed by atoms with E-state index in [0.29, 0.717) is 12.5 Å². The van der Waals surface area contributed by atoms with Crippen LogP contribution in [0.3, 0.4) is 0 Å². The molecule has 4 heteroatoms. The van der Waals surface area contributed by atoms with Gasteiger partial charge < -0.3 is 10.4 Å². The first-order valence-corrected chi connectivity index (χ1v) is 4.73. The zero-order chi connectivity index (χ0) is 8.97. The Bertz CT molecular complexity index is 158. The van der Waals surface area contributed by atoms with Gasteiger partial charge in [-0.3, -0.25) is 4.79 Å². The van der Waals surface area contributed by atoms with Crippen LogP contribution < -0.4 is 5.32 Å². The van der Waals surface area contributed by atoms with Crippen LogP contribution in [0.1, 0.15) is 39.0 Å². The van der Waals surface area contributed by atoms with Gasteiger partial charge in [-0.25, -0.2) is 0 Å². The summed E-state index contributed by atoms with van der Waals surface area (Å²) in [5, 5.41) is 11.9. The van der Waals surface area contributed by atoms with E-state index in [0.717, 1.165) is 12.8 Å². The molecular weight excluding hydrogens is 177 g/mol. The second kappa shape index (κ2) is 6.82. The molecule has 1 saturated carbocycles. The number of hydrogen-bond donors (Lipinski definition) is 2. The number of carboxylic acid groups (broad SMARTS) is 1. The minimum atomic E-state index is -0.718. The van der Waals surface area contributed by atoms with Crippen molar-refractivity contribution in [3.05, 3.63) is 0 Å². The maximum absolute atomic E-state index is 10.7. The molecule has 1 aliphatic rings. The topological polar surface area (TPSA) is 49.3 Å². The average molecular weight is 195 g/mol. The monoisotopic (exact) mass is 195 g/mol. The van der Waals surface area contributed by atoms with Crippen molar-refractivity contribution >= 4 is 35.5 Å². The van der Waals surface area contributed by atoms with E-state index in [1.165, 1.54) is 12.8 Å². The van der Waals surface area contributed by atoms with Gasteiger partial charge in [0.05, 0.1) is 0 Å². The first-order chi connectivity index (χ1) is 5.74. The summed E-state index contributed by atoms with van der Waals surface area (Å²) in [5.41, 5.74) is 0. The first kappa shape index (κ1) is 13.4. The summed E-state index contributed by atoms with van der Waals surface area (Å²) in [4.78, 5) is 10.7. The van der Waals surface area contributed by atoms with E-state index < -0.39 is 5.97 Å². The van der Waals surface area contributed by atoms with Gasteiger partial charge in [0.1, 0.15) is 6.04 Å². The number of carbonyl (C=O) groups is 1. The maximum atomic E-state index is 10.7. The Morgan fingerprint density at radius 1 is 1.54 bits per heavy atom. The number of nitrogens with one attached hydrogen (secondary N) is 1. The van der Waals surface area contributed by atoms with Crippen LogP contribution in [0, 0.1) is 0 Å². The predicted octanol–water partition coefficient (Wildman–Crippen LogP) is 0.733. The summed E-state index contributed by atoms with van der Waals surface area (Å²) in [6.45, 7) is 1.90. The van der Waals surface area contributed by atoms with Crippen molar-refractivity contribution in [3.8, 4) is 0 Å². The van der Waals surface area contributed by atoms with Gasteiger partial charge in [0, 0.05) is 6.04 Å². The Balaban J connectivity index is 0.00000144. The van der Waals surface area contributed by atoms with Gasteiger partial charge in [-0.05, 0) is 19.3 Å².